The molecule has 2 N–H and O–H groups in total. The van der Waals surface area contributed by atoms with Gasteiger partial charge in [0, 0.05) is 38.4 Å². The Bertz CT molecular complexity index is 417. The summed E-state index contributed by atoms with van der Waals surface area (Å²) in [5, 5.41) is 0. The molecule has 0 aromatic heterocycles. The minimum atomic E-state index is 0.515. The lowest BCUT2D eigenvalue weighted by Gasteiger charge is -2.27. The number of benzene rings is 1. The summed E-state index contributed by atoms with van der Waals surface area (Å²) in [6.07, 6.45) is 2.36. The zero-order valence-electron chi connectivity index (χ0n) is 12.6. The molecule has 2 rings (SSSR count). The summed E-state index contributed by atoms with van der Waals surface area (Å²) in [4.78, 5) is 2.39. The van der Waals surface area contributed by atoms with Crippen molar-refractivity contribution in [2.45, 2.75) is 25.9 Å². The molecule has 0 spiro atoms. The van der Waals surface area contributed by atoms with Crippen LogP contribution in [0.15, 0.2) is 18.2 Å². The molecule has 1 saturated heterocycles. The molecule has 1 aromatic rings. The van der Waals surface area contributed by atoms with Crippen molar-refractivity contribution in [1.29, 1.82) is 0 Å². The molecular weight excluding hydrogens is 252 g/mol. The van der Waals surface area contributed by atoms with Crippen LogP contribution in [0, 0.1) is 5.92 Å². The Labute approximate surface area is 121 Å². The number of rotatable bonds is 6. The van der Waals surface area contributed by atoms with E-state index in [4.69, 9.17) is 15.2 Å². The van der Waals surface area contributed by atoms with Crippen LogP contribution in [0.25, 0.3) is 0 Å². The molecule has 0 bridgehead atoms. The van der Waals surface area contributed by atoms with E-state index in [9.17, 15) is 0 Å². The molecule has 20 heavy (non-hydrogen) atoms. The van der Waals surface area contributed by atoms with E-state index in [1.54, 1.807) is 7.11 Å². The van der Waals surface area contributed by atoms with Gasteiger partial charge >= 0.3 is 0 Å². The zero-order valence-corrected chi connectivity index (χ0v) is 12.6. The molecule has 1 heterocycles. The smallest absolute Gasteiger partial charge is 0.123 e. The van der Waals surface area contributed by atoms with Crippen molar-refractivity contribution in [2.75, 3.05) is 33.9 Å². The molecule has 0 atom stereocenters. The van der Waals surface area contributed by atoms with Crippen molar-refractivity contribution in [3.63, 3.8) is 0 Å². The van der Waals surface area contributed by atoms with Gasteiger partial charge in [-0.2, -0.15) is 0 Å². The van der Waals surface area contributed by atoms with E-state index in [0.717, 1.165) is 43.5 Å². The van der Waals surface area contributed by atoms with Gasteiger partial charge in [0.25, 0.3) is 0 Å². The molecule has 0 unspecified atom stereocenters. The minimum Gasteiger partial charge on any atom is -0.496 e. The summed E-state index contributed by atoms with van der Waals surface area (Å²) in [5.41, 5.74) is 8.13. The second-order valence-electron chi connectivity index (χ2n) is 5.60. The van der Waals surface area contributed by atoms with Gasteiger partial charge in [0.1, 0.15) is 5.75 Å². The molecule has 1 aromatic carbocycles. The molecule has 0 saturated carbocycles. The van der Waals surface area contributed by atoms with Crippen LogP contribution in [0.2, 0.25) is 0 Å². The van der Waals surface area contributed by atoms with Crippen molar-refractivity contribution in [2.24, 2.45) is 11.7 Å². The molecule has 0 aliphatic carbocycles. The molecule has 0 radical (unpaired) electrons. The first kappa shape index (κ1) is 15.3. The highest BCUT2D eigenvalue weighted by atomic mass is 16.5. The van der Waals surface area contributed by atoms with E-state index in [-0.39, 0.29) is 0 Å². The van der Waals surface area contributed by atoms with Gasteiger partial charge in [0.15, 0.2) is 0 Å². The Kier molecular flexibility index (Phi) is 5.83. The average molecular weight is 278 g/mol. The first-order valence-electron chi connectivity index (χ1n) is 7.35. The lowest BCUT2D eigenvalue weighted by molar-refractivity contribution is 0.0549. The van der Waals surface area contributed by atoms with Crippen LogP contribution < -0.4 is 10.5 Å². The van der Waals surface area contributed by atoms with Crippen LogP contribution in [0.5, 0.6) is 5.75 Å². The highest BCUT2D eigenvalue weighted by Gasteiger charge is 2.16. The molecule has 0 amide bonds. The number of methoxy groups -OCH3 is 1. The summed E-state index contributed by atoms with van der Waals surface area (Å²) in [7, 11) is 3.87. The molecule has 4 nitrogen and oxygen atoms in total. The van der Waals surface area contributed by atoms with Gasteiger partial charge < -0.3 is 20.1 Å². The molecule has 1 fully saturated rings. The van der Waals surface area contributed by atoms with Gasteiger partial charge in [0.05, 0.1) is 7.11 Å². The number of hydrogen-bond acceptors (Lipinski definition) is 4. The van der Waals surface area contributed by atoms with E-state index in [2.05, 4.69) is 24.1 Å². The minimum absolute atomic E-state index is 0.515. The van der Waals surface area contributed by atoms with Gasteiger partial charge in [-0.3, -0.25) is 0 Å². The number of ether oxygens (including phenoxy) is 2. The Morgan fingerprint density at radius 2 is 2.10 bits per heavy atom. The summed E-state index contributed by atoms with van der Waals surface area (Å²) in [5.74, 6) is 1.64. The van der Waals surface area contributed by atoms with E-state index in [1.165, 1.54) is 18.4 Å². The van der Waals surface area contributed by atoms with Crippen molar-refractivity contribution in [3.05, 3.63) is 29.3 Å². The molecule has 4 heteroatoms. The number of nitrogens with two attached hydrogens (primary N) is 1. The maximum Gasteiger partial charge on any atom is 0.123 e. The van der Waals surface area contributed by atoms with E-state index in [0.29, 0.717) is 6.54 Å². The third kappa shape index (κ3) is 4.20. The van der Waals surface area contributed by atoms with Gasteiger partial charge in [-0.1, -0.05) is 6.07 Å². The van der Waals surface area contributed by atoms with Gasteiger partial charge in [-0.15, -0.1) is 0 Å². The predicted octanol–water partition coefficient (Wildman–Crippen LogP) is 2.01. The van der Waals surface area contributed by atoms with Crippen LogP contribution in [0.3, 0.4) is 0 Å². The molecule has 1 aliphatic rings. The van der Waals surface area contributed by atoms with Crippen molar-refractivity contribution >= 4 is 0 Å². The number of nitrogens with zero attached hydrogens (tertiary/aromatic N) is 1. The third-order valence-corrected chi connectivity index (χ3v) is 3.93. The lowest BCUT2D eigenvalue weighted by atomic mass is 9.99. The maximum absolute atomic E-state index is 5.77. The number of hydrogen-bond donors (Lipinski definition) is 1. The highest BCUT2D eigenvalue weighted by molar-refractivity contribution is 5.37. The Balaban J connectivity index is 1.91. The standard InChI is InChI=1S/C16H26N2O2/c1-18(11-13-5-7-20-8-6-13)12-14-3-4-16(19-2)15(9-14)10-17/h3-4,9,13H,5-8,10-12,17H2,1-2H3. The van der Waals surface area contributed by atoms with E-state index < -0.39 is 0 Å². The largest absolute Gasteiger partial charge is 0.496 e. The summed E-state index contributed by atoms with van der Waals surface area (Å²) in [6, 6.07) is 6.29. The van der Waals surface area contributed by atoms with Crippen LogP contribution in [-0.2, 0) is 17.8 Å². The topological polar surface area (TPSA) is 47.7 Å². The van der Waals surface area contributed by atoms with Crippen LogP contribution in [-0.4, -0.2) is 38.8 Å². The Morgan fingerprint density at radius 1 is 1.35 bits per heavy atom. The molecule has 1 aliphatic heterocycles. The Hall–Kier alpha value is -1.10. The van der Waals surface area contributed by atoms with E-state index >= 15 is 0 Å². The fourth-order valence-electron chi connectivity index (χ4n) is 2.84. The lowest BCUT2D eigenvalue weighted by Crippen LogP contribution is -2.29. The monoisotopic (exact) mass is 278 g/mol. The van der Waals surface area contributed by atoms with Crippen molar-refractivity contribution in [1.82, 2.24) is 4.90 Å². The fourth-order valence-corrected chi connectivity index (χ4v) is 2.84. The normalized spacial score (nSPS) is 16.6. The molecular formula is C16H26N2O2. The average Bonchev–Trinajstić information content (AvgIpc) is 2.48. The van der Waals surface area contributed by atoms with Crippen molar-refractivity contribution < 1.29 is 9.47 Å². The summed E-state index contributed by atoms with van der Waals surface area (Å²) < 4.78 is 10.7. The maximum atomic E-state index is 5.77. The van der Waals surface area contributed by atoms with Gasteiger partial charge in [0.2, 0.25) is 0 Å². The summed E-state index contributed by atoms with van der Waals surface area (Å²) in [6.45, 7) is 4.43. The third-order valence-electron chi connectivity index (χ3n) is 3.93. The first-order chi connectivity index (χ1) is 9.72. The second kappa shape index (κ2) is 7.62. The first-order valence-corrected chi connectivity index (χ1v) is 7.35. The van der Waals surface area contributed by atoms with Crippen LogP contribution in [0.4, 0.5) is 0 Å². The molecule has 112 valence electrons. The van der Waals surface area contributed by atoms with E-state index in [1.807, 2.05) is 6.07 Å². The predicted molar refractivity (Wildman–Crippen MR) is 80.8 cm³/mol. The quantitative estimate of drug-likeness (QED) is 0.865. The van der Waals surface area contributed by atoms with Gasteiger partial charge in [-0.05, 0) is 43.5 Å². The highest BCUT2D eigenvalue weighted by Crippen LogP contribution is 2.21. The van der Waals surface area contributed by atoms with Crippen molar-refractivity contribution in [3.8, 4) is 5.75 Å². The SMILES string of the molecule is COc1ccc(CN(C)CC2CCOCC2)cc1CN. The fraction of sp³-hybridized carbons (Fsp3) is 0.625. The van der Waals surface area contributed by atoms with Crippen LogP contribution >= 0.6 is 0 Å². The zero-order chi connectivity index (χ0) is 14.4. The van der Waals surface area contributed by atoms with Gasteiger partial charge in [-0.25, -0.2) is 0 Å². The Morgan fingerprint density at radius 3 is 2.75 bits per heavy atom. The summed E-state index contributed by atoms with van der Waals surface area (Å²) >= 11 is 0. The second-order valence-corrected chi connectivity index (χ2v) is 5.60. The van der Waals surface area contributed by atoms with Crippen LogP contribution in [0.1, 0.15) is 24.0 Å².